The second kappa shape index (κ2) is 11.0. The van der Waals surface area contributed by atoms with Gasteiger partial charge in [0.25, 0.3) is 0 Å². The third kappa shape index (κ3) is 7.19. The average Bonchev–Trinajstić information content (AvgIpc) is 2.65. The number of benzene rings is 2. The fraction of sp³-hybridized carbons (Fsp3) is 0.520. The molecule has 0 bridgehead atoms. The Balaban J connectivity index is 1.82. The number of hydrogen-bond acceptors (Lipinski definition) is 4. The zero-order valence-electron chi connectivity index (χ0n) is 18.7. The number of aromatic hydroxyl groups is 1. The van der Waals surface area contributed by atoms with Crippen LogP contribution in [0.1, 0.15) is 77.3 Å². The van der Waals surface area contributed by atoms with Gasteiger partial charge in [0, 0.05) is 11.1 Å². The largest absolute Gasteiger partial charge is 0.508 e. The molecule has 0 atom stereocenters. The van der Waals surface area contributed by atoms with Crippen LogP contribution in [-0.4, -0.2) is 24.4 Å². The molecule has 4 nitrogen and oxygen atoms in total. The van der Waals surface area contributed by atoms with Gasteiger partial charge in [0.05, 0.1) is 19.3 Å². The second-order valence-corrected chi connectivity index (χ2v) is 8.30. The summed E-state index contributed by atoms with van der Waals surface area (Å²) in [6, 6.07) is 11.4. The lowest BCUT2D eigenvalue weighted by Gasteiger charge is -2.20. The van der Waals surface area contributed by atoms with Gasteiger partial charge in [-0.1, -0.05) is 27.7 Å². The minimum absolute atomic E-state index is 0.169. The molecule has 0 saturated heterocycles. The molecule has 2 rings (SSSR count). The predicted octanol–water partition coefficient (Wildman–Crippen LogP) is 6.66. The third-order valence-electron chi connectivity index (χ3n) is 4.62. The van der Waals surface area contributed by atoms with Gasteiger partial charge in [-0.15, -0.1) is 0 Å². The average molecular weight is 401 g/mol. The highest BCUT2D eigenvalue weighted by Gasteiger charge is 2.17. The van der Waals surface area contributed by atoms with Crippen molar-refractivity contribution < 1.29 is 19.3 Å². The van der Waals surface area contributed by atoms with Crippen molar-refractivity contribution in [3.8, 4) is 23.0 Å². The Morgan fingerprint density at radius 1 is 0.724 bits per heavy atom. The first kappa shape index (κ1) is 22.9. The zero-order valence-corrected chi connectivity index (χ0v) is 18.7. The molecule has 0 heterocycles. The fourth-order valence-corrected chi connectivity index (χ4v) is 3.14. The van der Waals surface area contributed by atoms with Crippen LogP contribution >= 0.6 is 0 Å². The van der Waals surface area contributed by atoms with Crippen molar-refractivity contribution in [2.75, 3.05) is 13.2 Å². The molecule has 0 saturated carbocycles. The molecule has 0 spiro atoms. The van der Waals surface area contributed by atoms with E-state index in [1.807, 2.05) is 50.2 Å². The van der Waals surface area contributed by atoms with Crippen molar-refractivity contribution in [2.24, 2.45) is 0 Å². The van der Waals surface area contributed by atoms with Crippen LogP contribution in [0.2, 0.25) is 0 Å². The summed E-state index contributed by atoms with van der Waals surface area (Å²) in [6.45, 7) is 13.8. The molecular formula is C25H36O4. The number of unbranched alkanes of at least 4 members (excludes halogenated alkanes) is 1. The predicted molar refractivity (Wildman–Crippen MR) is 119 cm³/mol. The van der Waals surface area contributed by atoms with E-state index in [2.05, 4.69) is 27.7 Å². The van der Waals surface area contributed by atoms with Gasteiger partial charge < -0.3 is 19.3 Å². The molecule has 160 valence electrons. The van der Waals surface area contributed by atoms with E-state index in [0.717, 1.165) is 41.2 Å². The first-order chi connectivity index (χ1) is 13.8. The van der Waals surface area contributed by atoms with Crippen molar-refractivity contribution in [1.82, 2.24) is 0 Å². The Labute approximate surface area is 175 Å². The lowest BCUT2D eigenvalue weighted by atomic mass is 9.93. The molecule has 0 amide bonds. The van der Waals surface area contributed by atoms with Crippen molar-refractivity contribution in [3.05, 3.63) is 47.5 Å². The fourth-order valence-electron chi connectivity index (χ4n) is 3.14. The quantitative estimate of drug-likeness (QED) is 0.428. The lowest BCUT2D eigenvalue weighted by molar-refractivity contribution is 0.241. The first-order valence-electron chi connectivity index (χ1n) is 10.7. The number of phenolic OH excluding ortho intramolecular Hbond substituents is 1. The Hall–Kier alpha value is -2.36. The van der Waals surface area contributed by atoms with Crippen LogP contribution in [-0.2, 0) is 0 Å². The molecule has 1 N–H and O–H groups in total. The van der Waals surface area contributed by atoms with Gasteiger partial charge in [-0.2, -0.15) is 0 Å². The van der Waals surface area contributed by atoms with Crippen molar-refractivity contribution >= 4 is 0 Å². The van der Waals surface area contributed by atoms with Crippen LogP contribution < -0.4 is 14.2 Å². The minimum atomic E-state index is 0.169. The lowest BCUT2D eigenvalue weighted by Crippen LogP contribution is -2.07. The summed E-state index contributed by atoms with van der Waals surface area (Å²) in [5.41, 5.74) is 2.13. The Morgan fingerprint density at radius 3 is 1.69 bits per heavy atom. The summed E-state index contributed by atoms with van der Waals surface area (Å²) in [4.78, 5) is 0. The van der Waals surface area contributed by atoms with Crippen molar-refractivity contribution in [3.63, 3.8) is 0 Å². The maximum Gasteiger partial charge on any atom is 0.126 e. The molecule has 2 aromatic carbocycles. The molecule has 0 radical (unpaired) electrons. The van der Waals surface area contributed by atoms with Crippen LogP contribution in [0.4, 0.5) is 0 Å². The summed E-state index contributed by atoms with van der Waals surface area (Å²) in [5, 5.41) is 10.0. The van der Waals surface area contributed by atoms with Crippen LogP contribution in [0.3, 0.4) is 0 Å². The molecule has 0 unspecified atom stereocenters. The Bertz CT molecular complexity index is 719. The molecular weight excluding hydrogens is 364 g/mol. The number of phenols is 1. The molecule has 0 aromatic heterocycles. The molecule has 0 aliphatic carbocycles. The molecule has 0 aliphatic heterocycles. The van der Waals surface area contributed by atoms with E-state index in [9.17, 15) is 5.11 Å². The van der Waals surface area contributed by atoms with E-state index >= 15 is 0 Å². The van der Waals surface area contributed by atoms with E-state index in [-0.39, 0.29) is 6.10 Å². The highest BCUT2D eigenvalue weighted by molar-refractivity contribution is 5.49. The van der Waals surface area contributed by atoms with Gasteiger partial charge >= 0.3 is 0 Å². The van der Waals surface area contributed by atoms with Crippen molar-refractivity contribution in [1.29, 1.82) is 0 Å². The summed E-state index contributed by atoms with van der Waals surface area (Å²) in [7, 11) is 0. The van der Waals surface area contributed by atoms with E-state index in [0.29, 0.717) is 30.8 Å². The molecule has 0 aliphatic rings. The van der Waals surface area contributed by atoms with Gasteiger partial charge in [0.15, 0.2) is 0 Å². The number of ether oxygens (including phenoxy) is 3. The highest BCUT2D eigenvalue weighted by Crippen LogP contribution is 2.38. The highest BCUT2D eigenvalue weighted by atomic mass is 16.5. The van der Waals surface area contributed by atoms with Crippen LogP contribution in [0, 0.1) is 0 Å². The van der Waals surface area contributed by atoms with Crippen molar-refractivity contribution in [2.45, 2.75) is 72.3 Å². The SMILES string of the molecule is CC(C)Oc1ccc(OCCCCOc2c(C(C)C)cc(O)cc2C(C)C)cc1. The smallest absolute Gasteiger partial charge is 0.126 e. The summed E-state index contributed by atoms with van der Waals surface area (Å²) < 4.78 is 17.6. The number of rotatable bonds is 11. The first-order valence-corrected chi connectivity index (χ1v) is 10.7. The summed E-state index contributed by atoms with van der Waals surface area (Å²) >= 11 is 0. The van der Waals surface area contributed by atoms with E-state index in [4.69, 9.17) is 14.2 Å². The zero-order chi connectivity index (χ0) is 21.4. The maximum atomic E-state index is 10.0. The molecule has 4 heteroatoms. The van der Waals surface area contributed by atoms with Gasteiger partial charge in [-0.05, 0) is 74.9 Å². The van der Waals surface area contributed by atoms with E-state index in [1.54, 1.807) is 0 Å². The molecule has 29 heavy (non-hydrogen) atoms. The Morgan fingerprint density at radius 2 is 1.21 bits per heavy atom. The van der Waals surface area contributed by atoms with Gasteiger partial charge in [0.2, 0.25) is 0 Å². The number of hydrogen-bond donors (Lipinski definition) is 1. The van der Waals surface area contributed by atoms with Gasteiger partial charge in [0.1, 0.15) is 23.0 Å². The van der Waals surface area contributed by atoms with Gasteiger partial charge in [-0.3, -0.25) is 0 Å². The molecule has 2 aromatic rings. The van der Waals surface area contributed by atoms with E-state index < -0.39 is 0 Å². The Kier molecular flexibility index (Phi) is 8.69. The van der Waals surface area contributed by atoms with Crippen LogP contribution in [0.25, 0.3) is 0 Å². The van der Waals surface area contributed by atoms with Crippen LogP contribution in [0.5, 0.6) is 23.0 Å². The van der Waals surface area contributed by atoms with Crippen LogP contribution in [0.15, 0.2) is 36.4 Å². The topological polar surface area (TPSA) is 47.9 Å². The summed E-state index contributed by atoms with van der Waals surface area (Å²) in [5.74, 6) is 3.53. The second-order valence-electron chi connectivity index (χ2n) is 8.30. The minimum Gasteiger partial charge on any atom is -0.508 e. The van der Waals surface area contributed by atoms with Gasteiger partial charge in [-0.25, -0.2) is 0 Å². The monoisotopic (exact) mass is 400 g/mol. The normalized spacial score (nSPS) is 11.3. The summed E-state index contributed by atoms with van der Waals surface area (Å²) in [6.07, 6.45) is 1.99. The third-order valence-corrected chi connectivity index (χ3v) is 4.62. The standard InChI is InChI=1S/C25H36O4/c1-17(2)23-15-20(26)16-24(18(3)4)25(23)28-14-8-7-13-27-21-9-11-22(12-10-21)29-19(5)6/h9-12,15-19,26H,7-8,13-14H2,1-6H3. The van der Waals surface area contributed by atoms with E-state index in [1.165, 1.54) is 0 Å². The molecule has 0 fully saturated rings. The maximum absolute atomic E-state index is 10.0.